The molecule has 0 unspecified atom stereocenters. The average Bonchev–Trinajstić information content (AvgIpc) is 3.43. The first kappa shape index (κ1) is 40.1. The highest BCUT2D eigenvalue weighted by Crippen LogP contribution is 2.20. The lowest BCUT2D eigenvalue weighted by atomic mass is 10.00. The van der Waals surface area contributed by atoms with E-state index in [0.717, 1.165) is 10.9 Å². The minimum atomic E-state index is -1.43. The number of unbranched alkanes of at least 4 members (excludes halogenated alkanes) is 1. The zero-order valence-electron chi connectivity index (χ0n) is 27.7. The molecule has 0 saturated heterocycles. The Bertz CT molecular complexity index is 1480. The van der Waals surface area contributed by atoms with Crippen LogP contribution in [0.3, 0.4) is 0 Å². The molecule has 17 heteroatoms. The molecule has 1 heterocycles. The molecule has 0 saturated carbocycles. The first-order valence-corrected chi connectivity index (χ1v) is 16.1. The Morgan fingerprint density at radius 1 is 0.796 bits per heavy atom. The second-order valence-corrected chi connectivity index (χ2v) is 12.3. The standard InChI is InChI=1S/C32H48N8O9/c1-17(2)13-24(39-28(44)20(34)15-27(42)43)30(46)40-25(14-18-16-36-21-8-4-3-7-19(18)21)31(47)37-22(10-11-26(35)41)29(45)38-23(32(48)49)9-5-6-12-33/h3-4,7-8,16-17,20,22-25,36H,5-6,9-15,33-34H2,1-2H3,(H2,35,41)(H,37,47)(H,38,45)(H,39,44)(H,40,46)(H,42,43)(H,48,49)/t20-,22+,23-,24+,25-/m1/s1. The van der Waals surface area contributed by atoms with E-state index in [1.54, 1.807) is 26.1 Å². The highest BCUT2D eigenvalue weighted by Gasteiger charge is 2.33. The maximum atomic E-state index is 13.9. The first-order chi connectivity index (χ1) is 23.1. The molecule has 0 fully saturated rings. The van der Waals surface area contributed by atoms with E-state index in [9.17, 15) is 38.7 Å². The summed E-state index contributed by atoms with van der Waals surface area (Å²) < 4.78 is 0. The SMILES string of the molecule is CC(C)C[C@H](NC(=O)[C@H](N)CC(=O)O)C(=O)N[C@H](Cc1c[nH]c2ccccc12)C(=O)N[C@@H](CCC(N)=O)C(=O)N[C@H](CCCCN)C(=O)O. The number of carboxylic acid groups (broad SMARTS) is 2. The van der Waals surface area contributed by atoms with E-state index < -0.39 is 78.1 Å². The number of hydrogen-bond acceptors (Lipinski definition) is 9. The molecule has 1 aromatic heterocycles. The van der Waals surface area contributed by atoms with Gasteiger partial charge in [-0.15, -0.1) is 0 Å². The summed E-state index contributed by atoms with van der Waals surface area (Å²) in [7, 11) is 0. The fourth-order valence-electron chi connectivity index (χ4n) is 5.11. The number of hydrogen-bond donors (Lipinski definition) is 10. The number of carbonyl (C=O) groups is 7. The predicted molar refractivity (Wildman–Crippen MR) is 178 cm³/mol. The first-order valence-electron chi connectivity index (χ1n) is 16.1. The summed E-state index contributed by atoms with van der Waals surface area (Å²) in [5.74, 6) is -6.83. The third-order valence-corrected chi connectivity index (χ3v) is 7.68. The molecule has 49 heavy (non-hydrogen) atoms. The van der Waals surface area contributed by atoms with Gasteiger partial charge in [0.25, 0.3) is 0 Å². The fraction of sp³-hybridized carbons (Fsp3) is 0.531. The molecule has 5 atom stereocenters. The topological polar surface area (TPSA) is 302 Å². The van der Waals surface area contributed by atoms with Gasteiger partial charge >= 0.3 is 11.9 Å². The predicted octanol–water partition coefficient (Wildman–Crippen LogP) is -1.02. The molecule has 0 spiro atoms. The number of amides is 5. The Morgan fingerprint density at radius 2 is 1.39 bits per heavy atom. The summed E-state index contributed by atoms with van der Waals surface area (Å²) in [6.45, 7) is 3.92. The molecule has 5 amide bonds. The summed E-state index contributed by atoms with van der Waals surface area (Å²) in [5.41, 5.74) is 17.9. The van der Waals surface area contributed by atoms with E-state index in [1.165, 1.54) is 0 Å². The molecular formula is C32H48N8O9. The maximum Gasteiger partial charge on any atom is 0.326 e. The lowest BCUT2D eigenvalue weighted by Gasteiger charge is -2.27. The van der Waals surface area contributed by atoms with Crippen LogP contribution in [0.1, 0.15) is 64.4 Å². The van der Waals surface area contributed by atoms with Gasteiger partial charge in [0.15, 0.2) is 0 Å². The molecule has 0 radical (unpaired) electrons. The number of carboxylic acids is 2. The van der Waals surface area contributed by atoms with Crippen molar-refractivity contribution < 1.29 is 43.8 Å². The number of para-hydroxylation sites is 1. The van der Waals surface area contributed by atoms with Crippen LogP contribution in [0.2, 0.25) is 0 Å². The molecule has 2 rings (SSSR count). The number of nitrogens with two attached hydrogens (primary N) is 3. The van der Waals surface area contributed by atoms with Crippen molar-refractivity contribution in [3.05, 3.63) is 36.0 Å². The van der Waals surface area contributed by atoms with Gasteiger partial charge < -0.3 is 53.7 Å². The molecule has 0 bridgehead atoms. The van der Waals surface area contributed by atoms with E-state index >= 15 is 0 Å². The molecule has 270 valence electrons. The van der Waals surface area contributed by atoms with Crippen LogP contribution in [0, 0.1) is 5.92 Å². The van der Waals surface area contributed by atoms with Gasteiger partial charge in [0.2, 0.25) is 29.5 Å². The van der Waals surface area contributed by atoms with E-state index in [0.29, 0.717) is 24.9 Å². The van der Waals surface area contributed by atoms with Crippen molar-refractivity contribution in [3.8, 4) is 0 Å². The number of H-pyrrole nitrogens is 1. The van der Waals surface area contributed by atoms with Gasteiger partial charge in [-0.1, -0.05) is 32.0 Å². The Labute approximate surface area is 283 Å². The zero-order valence-corrected chi connectivity index (χ0v) is 27.7. The summed E-state index contributed by atoms with van der Waals surface area (Å²) in [6, 6.07) is 0.560. The molecular weight excluding hydrogens is 640 g/mol. The number of aliphatic carboxylic acids is 2. The second-order valence-electron chi connectivity index (χ2n) is 12.3. The van der Waals surface area contributed by atoms with Gasteiger partial charge in [-0.2, -0.15) is 0 Å². The van der Waals surface area contributed by atoms with Crippen LogP contribution in [0.5, 0.6) is 0 Å². The van der Waals surface area contributed by atoms with Crippen LogP contribution in [-0.2, 0) is 40.0 Å². The summed E-state index contributed by atoms with van der Waals surface area (Å²) >= 11 is 0. The van der Waals surface area contributed by atoms with Crippen molar-refractivity contribution in [2.75, 3.05) is 6.54 Å². The van der Waals surface area contributed by atoms with Crippen LogP contribution < -0.4 is 38.5 Å². The van der Waals surface area contributed by atoms with Crippen molar-refractivity contribution in [2.45, 2.75) is 95.4 Å². The summed E-state index contributed by atoms with van der Waals surface area (Å²) in [4.78, 5) is 91.2. The molecule has 0 aliphatic heterocycles. The van der Waals surface area contributed by atoms with Crippen LogP contribution >= 0.6 is 0 Å². The van der Waals surface area contributed by atoms with Gasteiger partial charge in [0.1, 0.15) is 24.2 Å². The van der Waals surface area contributed by atoms with Crippen molar-refractivity contribution in [1.29, 1.82) is 0 Å². The average molecular weight is 689 g/mol. The molecule has 13 N–H and O–H groups in total. The highest BCUT2D eigenvalue weighted by atomic mass is 16.4. The van der Waals surface area contributed by atoms with Crippen molar-refractivity contribution in [2.24, 2.45) is 23.1 Å². The van der Waals surface area contributed by atoms with Crippen LogP contribution in [0.15, 0.2) is 30.5 Å². The third-order valence-electron chi connectivity index (χ3n) is 7.68. The largest absolute Gasteiger partial charge is 0.481 e. The maximum absolute atomic E-state index is 13.9. The van der Waals surface area contributed by atoms with Crippen molar-refractivity contribution >= 4 is 52.4 Å². The molecule has 17 nitrogen and oxygen atoms in total. The smallest absolute Gasteiger partial charge is 0.326 e. The quantitative estimate of drug-likeness (QED) is 0.0668. The van der Waals surface area contributed by atoms with Gasteiger partial charge in [-0.3, -0.25) is 28.8 Å². The van der Waals surface area contributed by atoms with E-state index in [-0.39, 0.29) is 38.0 Å². The van der Waals surface area contributed by atoms with Crippen molar-refractivity contribution in [3.63, 3.8) is 0 Å². The Hall–Kier alpha value is -5.03. The molecule has 1 aromatic carbocycles. The van der Waals surface area contributed by atoms with Gasteiger partial charge in [0.05, 0.1) is 12.5 Å². The van der Waals surface area contributed by atoms with Gasteiger partial charge in [-0.05, 0) is 56.2 Å². The number of aromatic nitrogens is 1. The van der Waals surface area contributed by atoms with Crippen molar-refractivity contribution in [1.82, 2.24) is 26.3 Å². The number of benzene rings is 1. The number of primary amides is 1. The minimum Gasteiger partial charge on any atom is -0.481 e. The van der Waals surface area contributed by atoms with Gasteiger partial charge in [0, 0.05) is 29.9 Å². The highest BCUT2D eigenvalue weighted by molar-refractivity contribution is 5.96. The Morgan fingerprint density at radius 3 is 2.00 bits per heavy atom. The number of nitrogens with one attached hydrogen (secondary N) is 5. The lowest BCUT2D eigenvalue weighted by Crippen LogP contribution is -2.59. The van der Waals surface area contributed by atoms with E-state index in [4.69, 9.17) is 22.3 Å². The number of rotatable bonds is 22. The molecule has 0 aliphatic carbocycles. The normalized spacial score (nSPS) is 14.2. The van der Waals surface area contributed by atoms with Crippen LogP contribution in [-0.4, -0.2) is 93.4 Å². The third kappa shape index (κ3) is 13.5. The van der Waals surface area contributed by atoms with E-state index in [2.05, 4.69) is 26.3 Å². The molecule has 0 aliphatic rings. The summed E-state index contributed by atoms with van der Waals surface area (Å²) in [6.07, 6.45) is 1.47. The monoisotopic (exact) mass is 688 g/mol. The Kier molecular flexibility index (Phi) is 16.1. The van der Waals surface area contributed by atoms with Crippen LogP contribution in [0.25, 0.3) is 10.9 Å². The second kappa shape index (κ2) is 19.7. The molecule has 2 aromatic rings. The lowest BCUT2D eigenvalue weighted by molar-refractivity contribution is -0.142. The van der Waals surface area contributed by atoms with E-state index in [1.807, 2.05) is 18.2 Å². The Balaban J connectivity index is 2.41. The van der Waals surface area contributed by atoms with Gasteiger partial charge in [-0.25, -0.2) is 4.79 Å². The zero-order chi connectivity index (χ0) is 36.7. The minimum absolute atomic E-state index is 0.0765. The fourth-order valence-corrected chi connectivity index (χ4v) is 5.11. The number of aromatic amines is 1. The number of fused-ring (bicyclic) bond motifs is 1. The summed E-state index contributed by atoms with van der Waals surface area (Å²) in [5, 5.41) is 29.5. The number of carbonyl (C=O) groups excluding carboxylic acids is 5. The van der Waals surface area contributed by atoms with Crippen LogP contribution in [0.4, 0.5) is 0 Å².